The zero-order valence-electron chi connectivity index (χ0n) is 15.8. The average Bonchev–Trinajstić information content (AvgIpc) is 3.21. The van der Waals surface area contributed by atoms with Crippen LogP contribution in [0.15, 0.2) is 4.52 Å². The van der Waals surface area contributed by atoms with Gasteiger partial charge in [-0.1, -0.05) is 19.0 Å². The molecule has 0 radical (unpaired) electrons. The number of aryl methyl sites for hydroxylation is 1. The lowest BCUT2D eigenvalue weighted by Gasteiger charge is -2.37. The van der Waals surface area contributed by atoms with Crippen LogP contribution in [0.1, 0.15) is 51.2 Å². The van der Waals surface area contributed by atoms with Crippen molar-refractivity contribution in [3.8, 4) is 0 Å². The van der Waals surface area contributed by atoms with Gasteiger partial charge in [0.1, 0.15) is 0 Å². The van der Waals surface area contributed by atoms with Gasteiger partial charge in [-0.3, -0.25) is 9.69 Å². The number of piperidine rings is 1. The van der Waals surface area contributed by atoms with Crippen molar-refractivity contribution < 1.29 is 9.32 Å². The van der Waals surface area contributed by atoms with Crippen LogP contribution in [0.4, 0.5) is 0 Å². The molecule has 1 amide bonds. The van der Waals surface area contributed by atoms with Crippen LogP contribution in [0.5, 0.6) is 0 Å². The molecule has 1 aromatic rings. The molecule has 2 saturated heterocycles. The van der Waals surface area contributed by atoms with E-state index in [0.717, 1.165) is 45.4 Å². The monoisotopic (exact) mass is 349 g/mol. The van der Waals surface area contributed by atoms with Gasteiger partial charge in [-0.25, -0.2) is 0 Å². The van der Waals surface area contributed by atoms with Gasteiger partial charge in [0.15, 0.2) is 5.82 Å². The second-order valence-corrected chi connectivity index (χ2v) is 7.67. The number of hydrogen-bond acceptors (Lipinski definition) is 6. The number of rotatable bonds is 6. The smallest absolute Gasteiger partial charge is 0.246 e. The Balaban J connectivity index is 1.60. The summed E-state index contributed by atoms with van der Waals surface area (Å²) in [7, 11) is 2.19. The predicted octanol–water partition coefficient (Wildman–Crippen LogP) is 1.44. The summed E-state index contributed by atoms with van der Waals surface area (Å²) in [5, 5.41) is 6.89. The first-order valence-corrected chi connectivity index (χ1v) is 9.57. The second kappa shape index (κ2) is 7.83. The number of hydrogen-bond donors (Lipinski definition) is 1. The van der Waals surface area contributed by atoms with Gasteiger partial charge in [0.05, 0.1) is 12.6 Å². The van der Waals surface area contributed by atoms with Gasteiger partial charge >= 0.3 is 0 Å². The molecule has 1 unspecified atom stereocenters. The van der Waals surface area contributed by atoms with Crippen molar-refractivity contribution in [1.82, 2.24) is 25.3 Å². The summed E-state index contributed by atoms with van der Waals surface area (Å²) in [5.74, 6) is 1.27. The van der Waals surface area contributed by atoms with E-state index in [2.05, 4.69) is 39.2 Å². The minimum absolute atomic E-state index is 0.0306. The van der Waals surface area contributed by atoms with Gasteiger partial charge in [-0.05, 0) is 57.8 Å². The fourth-order valence-corrected chi connectivity index (χ4v) is 4.17. The fraction of sp³-hybridized carbons (Fsp3) is 0.833. The minimum atomic E-state index is -0.0306. The fourth-order valence-electron chi connectivity index (χ4n) is 4.17. The van der Waals surface area contributed by atoms with Gasteiger partial charge in [-0.2, -0.15) is 4.98 Å². The highest BCUT2D eigenvalue weighted by molar-refractivity contribution is 5.82. The summed E-state index contributed by atoms with van der Waals surface area (Å²) < 4.78 is 5.17. The molecule has 1 spiro atoms. The molecule has 0 aromatic carbocycles. The van der Waals surface area contributed by atoms with Crippen molar-refractivity contribution in [1.29, 1.82) is 0 Å². The first-order valence-electron chi connectivity index (χ1n) is 9.57. The lowest BCUT2D eigenvalue weighted by atomic mass is 9.76. The van der Waals surface area contributed by atoms with Gasteiger partial charge in [0, 0.05) is 13.0 Å². The van der Waals surface area contributed by atoms with E-state index in [1.807, 2.05) is 6.92 Å². The molecule has 0 saturated carbocycles. The molecule has 25 heavy (non-hydrogen) atoms. The maximum absolute atomic E-state index is 12.8. The van der Waals surface area contributed by atoms with Gasteiger partial charge < -0.3 is 14.7 Å². The highest BCUT2D eigenvalue weighted by Gasteiger charge is 2.47. The summed E-state index contributed by atoms with van der Waals surface area (Å²) in [6.07, 6.45) is 5.16. The van der Waals surface area contributed by atoms with Crippen molar-refractivity contribution >= 4 is 5.91 Å². The van der Waals surface area contributed by atoms with E-state index in [0.29, 0.717) is 23.7 Å². The quantitative estimate of drug-likeness (QED) is 0.838. The summed E-state index contributed by atoms with van der Waals surface area (Å²) >= 11 is 0. The Hall–Kier alpha value is -1.47. The van der Waals surface area contributed by atoms with Crippen molar-refractivity contribution in [3.05, 3.63) is 11.7 Å². The van der Waals surface area contributed by atoms with Crippen molar-refractivity contribution in [2.45, 2.75) is 58.5 Å². The lowest BCUT2D eigenvalue weighted by Crippen LogP contribution is -2.43. The normalized spacial score (nSPS) is 24.0. The van der Waals surface area contributed by atoms with Crippen LogP contribution in [0.25, 0.3) is 0 Å². The van der Waals surface area contributed by atoms with E-state index in [9.17, 15) is 4.79 Å². The average molecular weight is 349 g/mol. The minimum Gasteiger partial charge on any atom is -0.346 e. The molecule has 1 aromatic heterocycles. The van der Waals surface area contributed by atoms with Crippen LogP contribution < -0.4 is 5.32 Å². The van der Waals surface area contributed by atoms with Crippen LogP contribution in [-0.4, -0.2) is 65.1 Å². The van der Waals surface area contributed by atoms with Crippen LogP contribution >= 0.6 is 0 Å². The Kier molecular flexibility index (Phi) is 5.74. The zero-order chi connectivity index (χ0) is 17.9. The number of aromatic nitrogens is 2. The van der Waals surface area contributed by atoms with Crippen LogP contribution in [-0.2, 0) is 17.8 Å². The van der Waals surface area contributed by atoms with Crippen LogP contribution in [0, 0.1) is 5.41 Å². The van der Waals surface area contributed by atoms with E-state index in [4.69, 9.17) is 4.52 Å². The van der Waals surface area contributed by atoms with E-state index in [1.54, 1.807) is 0 Å². The molecule has 2 aliphatic rings. The first kappa shape index (κ1) is 18.3. The first-order chi connectivity index (χ1) is 12.0. The summed E-state index contributed by atoms with van der Waals surface area (Å²) in [6.45, 7) is 8.78. The topological polar surface area (TPSA) is 74.5 Å². The maximum Gasteiger partial charge on any atom is 0.246 e. The van der Waals surface area contributed by atoms with Crippen LogP contribution in [0.3, 0.4) is 0 Å². The second-order valence-electron chi connectivity index (χ2n) is 7.67. The molecule has 3 rings (SSSR count). The van der Waals surface area contributed by atoms with Gasteiger partial charge in [-0.15, -0.1) is 0 Å². The number of carbonyl (C=O) groups excluding carboxylic acids is 1. The van der Waals surface area contributed by atoms with Gasteiger partial charge in [0.2, 0.25) is 11.8 Å². The predicted molar refractivity (Wildman–Crippen MR) is 95.0 cm³/mol. The summed E-state index contributed by atoms with van der Waals surface area (Å²) in [4.78, 5) is 21.9. The number of carbonyl (C=O) groups is 1. The molecule has 3 heterocycles. The molecule has 0 bridgehead atoms. The van der Waals surface area contributed by atoms with Crippen molar-refractivity contribution in [2.24, 2.45) is 5.41 Å². The van der Waals surface area contributed by atoms with Crippen molar-refractivity contribution in [3.63, 3.8) is 0 Å². The largest absolute Gasteiger partial charge is 0.346 e. The van der Waals surface area contributed by atoms with E-state index < -0.39 is 0 Å². The Morgan fingerprint density at radius 2 is 2.12 bits per heavy atom. The Bertz CT molecular complexity index is 580. The molecule has 7 heteroatoms. The van der Waals surface area contributed by atoms with E-state index >= 15 is 0 Å². The van der Waals surface area contributed by atoms with Crippen LogP contribution in [0.2, 0.25) is 0 Å². The maximum atomic E-state index is 12.8. The van der Waals surface area contributed by atoms with E-state index in [1.165, 1.54) is 12.8 Å². The Morgan fingerprint density at radius 3 is 2.76 bits per heavy atom. The molecule has 1 N–H and O–H groups in total. The molecular formula is C18H31N5O2. The SMILES string of the molecule is CCCN1CC2(CCN(C)CC2)CC1C(=O)NCc1nc(CC)no1. The van der Waals surface area contributed by atoms with Gasteiger partial charge in [0.25, 0.3) is 0 Å². The molecule has 1 atom stereocenters. The number of nitrogens with one attached hydrogen (secondary N) is 1. The van der Waals surface area contributed by atoms with E-state index in [-0.39, 0.29) is 11.9 Å². The third kappa shape index (κ3) is 4.20. The third-order valence-electron chi connectivity index (χ3n) is 5.71. The third-order valence-corrected chi connectivity index (χ3v) is 5.71. The summed E-state index contributed by atoms with van der Waals surface area (Å²) in [6, 6.07) is -0.0306. The lowest BCUT2D eigenvalue weighted by molar-refractivity contribution is -0.125. The number of nitrogens with zero attached hydrogens (tertiary/aromatic N) is 4. The molecular weight excluding hydrogens is 318 g/mol. The summed E-state index contributed by atoms with van der Waals surface area (Å²) in [5.41, 5.74) is 0.309. The Morgan fingerprint density at radius 1 is 1.36 bits per heavy atom. The number of likely N-dealkylation sites (tertiary alicyclic amines) is 2. The number of amides is 1. The molecule has 7 nitrogen and oxygen atoms in total. The highest BCUT2D eigenvalue weighted by Crippen LogP contribution is 2.43. The molecule has 2 aliphatic heterocycles. The molecule has 0 aliphatic carbocycles. The molecule has 140 valence electrons. The Labute approximate surface area is 150 Å². The highest BCUT2D eigenvalue weighted by atomic mass is 16.5. The van der Waals surface area contributed by atoms with Crippen molar-refractivity contribution in [2.75, 3.05) is 33.2 Å². The standard InChI is InChI=1S/C18H31N5O2/c1-4-8-23-13-18(6-9-22(3)10-7-18)11-14(23)17(24)19-12-16-20-15(5-2)21-25-16/h14H,4-13H2,1-3H3,(H,19,24). The zero-order valence-corrected chi connectivity index (χ0v) is 15.8. The molecule has 2 fully saturated rings.